The van der Waals surface area contributed by atoms with E-state index in [4.69, 9.17) is 11.5 Å². The largest absolute Gasteiger partial charge is 0.416 e. The number of alkyl halides is 3. The van der Waals surface area contributed by atoms with Crippen LogP contribution < -0.4 is 17.0 Å². The van der Waals surface area contributed by atoms with Crippen molar-refractivity contribution in [2.75, 3.05) is 5.73 Å². The number of nitrogen functional groups attached to an aromatic ring is 1. The molecular formula is C22H17F3N6O2. The van der Waals surface area contributed by atoms with Crippen molar-refractivity contribution in [2.45, 2.75) is 13.1 Å². The number of hydrogen-bond acceptors (Lipinski definition) is 5. The zero-order valence-electron chi connectivity index (χ0n) is 17.2. The molecule has 0 atom stereocenters. The van der Waals surface area contributed by atoms with Gasteiger partial charge in [-0.2, -0.15) is 18.3 Å². The van der Waals surface area contributed by atoms with E-state index in [0.717, 1.165) is 16.7 Å². The van der Waals surface area contributed by atoms with E-state index in [0.29, 0.717) is 17.1 Å². The Kier molecular flexibility index (Phi) is 5.24. The van der Waals surface area contributed by atoms with Crippen LogP contribution in [0.4, 0.5) is 18.9 Å². The summed E-state index contributed by atoms with van der Waals surface area (Å²) < 4.78 is 42.3. The number of hydrogen-bond donors (Lipinski definition) is 2. The Hall–Kier alpha value is -4.41. The molecule has 2 aromatic heterocycles. The number of nitrogens with zero attached hydrogens (tertiary/aromatic N) is 4. The molecule has 1 amide bonds. The van der Waals surface area contributed by atoms with Gasteiger partial charge >= 0.3 is 6.18 Å². The van der Waals surface area contributed by atoms with Gasteiger partial charge in [-0.15, -0.1) is 0 Å². The van der Waals surface area contributed by atoms with Crippen LogP contribution >= 0.6 is 0 Å². The van der Waals surface area contributed by atoms with Crippen LogP contribution in [-0.2, 0) is 6.18 Å². The predicted molar refractivity (Wildman–Crippen MR) is 115 cm³/mol. The molecule has 0 radical (unpaired) electrons. The first-order valence-corrected chi connectivity index (χ1v) is 9.59. The minimum Gasteiger partial charge on any atom is -0.399 e. The predicted octanol–water partition coefficient (Wildman–Crippen LogP) is 3.09. The quantitative estimate of drug-likeness (QED) is 0.459. The maximum absolute atomic E-state index is 13.3. The molecule has 0 saturated heterocycles. The Balaban J connectivity index is 2.00. The number of anilines is 1. The van der Waals surface area contributed by atoms with Crippen LogP contribution in [-0.4, -0.2) is 25.2 Å². The second-order valence-electron chi connectivity index (χ2n) is 7.17. The summed E-state index contributed by atoms with van der Waals surface area (Å²) >= 11 is 0. The van der Waals surface area contributed by atoms with Crippen molar-refractivity contribution in [2.24, 2.45) is 5.73 Å². The van der Waals surface area contributed by atoms with Crippen molar-refractivity contribution in [3.05, 3.63) is 88.1 Å². The van der Waals surface area contributed by atoms with Crippen LogP contribution in [0.1, 0.15) is 21.7 Å². The van der Waals surface area contributed by atoms with E-state index in [9.17, 15) is 22.8 Å². The highest BCUT2D eigenvalue weighted by molar-refractivity contribution is 5.91. The van der Waals surface area contributed by atoms with Crippen LogP contribution in [0.5, 0.6) is 0 Å². The number of amides is 1. The van der Waals surface area contributed by atoms with Crippen LogP contribution in [0.2, 0.25) is 0 Å². The van der Waals surface area contributed by atoms with Gasteiger partial charge in [-0.1, -0.05) is 6.07 Å². The number of benzene rings is 2. The molecule has 0 aliphatic rings. The highest BCUT2D eigenvalue weighted by Gasteiger charge is 2.31. The maximum Gasteiger partial charge on any atom is 0.416 e. The summed E-state index contributed by atoms with van der Waals surface area (Å²) in [6.07, 6.45) is -3.14. The third kappa shape index (κ3) is 3.95. The van der Waals surface area contributed by atoms with E-state index < -0.39 is 28.9 Å². The van der Waals surface area contributed by atoms with Crippen molar-refractivity contribution in [1.82, 2.24) is 19.3 Å². The SMILES string of the molecule is Cc1c(-c2ccnn2-c2ccc(N)cc2)nc(C(N)=O)c(=O)n1-c1cccc(C(F)(F)F)c1. The third-order valence-corrected chi connectivity index (χ3v) is 5.00. The van der Waals surface area contributed by atoms with Gasteiger partial charge in [0.1, 0.15) is 5.69 Å². The molecule has 4 aromatic rings. The van der Waals surface area contributed by atoms with E-state index in [1.165, 1.54) is 29.9 Å². The molecule has 4 rings (SSSR count). The Morgan fingerprint density at radius 3 is 2.36 bits per heavy atom. The molecular weight excluding hydrogens is 437 g/mol. The fourth-order valence-electron chi connectivity index (χ4n) is 3.44. The minimum atomic E-state index is -4.62. The molecule has 0 spiro atoms. The van der Waals surface area contributed by atoms with E-state index in [1.54, 1.807) is 30.3 Å². The van der Waals surface area contributed by atoms with Crippen LogP contribution in [0.15, 0.2) is 65.6 Å². The van der Waals surface area contributed by atoms with Crippen molar-refractivity contribution >= 4 is 11.6 Å². The fraction of sp³-hybridized carbons (Fsp3) is 0.0909. The number of halogens is 3. The molecule has 0 saturated carbocycles. The first kappa shape index (κ1) is 21.8. The summed E-state index contributed by atoms with van der Waals surface area (Å²) in [5, 5.41) is 4.26. The Bertz CT molecular complexity index is 1420. The van der Waals surface area contributed by atoms with Gasteiger partial charge in [0.05, 0.1) is 28.8 Å². The van der Waals surface area contributed by atoms with E-state index in [-0.39, 0.29) is 17.1 Å². The van der Waals surface area contributed by atoms with Gasteiger partial charge in [0.15, 0.2) is 5.69 Å². The summed E-state index contributed by atoms with van der Waals surface area (Å²) in [6.45, 7) is 1.51. The Morgan fingerprint density at radius 2 is 1.73 bits per heavy atom. The Morgan fingerprint density at radius 1 is 1.03 bits per heavy atom. The molecule has 168 valence electrons. The summed E-state index contributed by atoms with van der Waals surface area (Å²) in [5.74, 6) is -1.11. The van der Waals surface area contributed by atoms with E-state index in [2.05, 4.69) is 10.1 Å². The van der Waals surface area contributed by atoms with Gasteiger partial charge in [-0.3, -0.25) is 14.2 Å². The highest BCUT2D eigenvalue weighted by Crippen LogP contribution is 2.31. The van der Waals surface area contributed by atoms with Gasteiger partial charge in [0, 0.05) is 11.4 Å². The summed E-state index contributed by atoms with van der Waals surface area (Å²) in [5.41, 5.74) is 10.4. The third-order valence-electron chi connectivity index (χ3n) is 5.00. The zero-order valence-corrected chi connectivity index (χ0v) is 17.2. The lowest BCUT2D eigenvalue weighted by Gasteiger charge is -2.17. The molecule has 33 heavy (non-hydrogen) atoms. The summed E-state index contributed by atoms with van der Waals surface area (Å²) in [4.78, 5) is 29.1. The van der Waals surface area contributed by atoms with Crippen LogP contribution in [0.25, 0.3) is 22.8 Å². The second-order valence-corrected chi connectivity index (χ2v) is 7.17. The molecule has 0 bridgehead atoms. The monoisotopic (exact) mass is 454 g/mol. The van der Waals surface area contributed by atoms with Crippen molar-refractivity contribution < 1.29 is 18.0 Å². The molecule has 2 aromatic carbocycles. The lowest BCUT2D eigenvalue weighted by atomic mass is 10.1. The van der Waals surface area contributed by atoms with Crippen LogP contribution in [0.3, 0.4) is 0 Å². The number of carbonyl (C=O) groups excluding carboxylic acids is 1. The molecule has 8 nitrogen and oxygen atoms in total. The molecule has 11 heteroatoms. The van der Waals surface area contributed by atoms with Gasteiger partial charge in [0.25, 0.3) is 11.5 Å². The van der Waals surface area contributed by atoms with Gasteiger partial charge < -0.3 is 11.5 Å². The standard InChI is InChI=1S/C22H17F3N6O2/c1-12-18(17-9-10-28-31(17)15-7-5-14(26)6-8-15)29-19(20(27)32)21(33)30(12)16-4-2-3-13(11-16)22(23,24)25/h2-11H,26H2,1H3,(H2,27,32). The molecule has 0 fully saturated rings. The zero-order chi connectivity index (χ0) is 23.9. The molecule has 0 aliphatic heterocycles. The number of aromatic nitrogens is 4. The van der Waals surface area contributed by atoms with Crippen molar-refractivity contribution in [3.63, 3.8) is 0 Å². The van der Waals surface area contributed by atoms with E-state index in [1.807, 2.05) is 0 Å². The van der Waals surface area contributed by atoms with Gasteiger partial charge in [0.2, 0.25) is 0 Å². The average Bonchev–Trinajstić information content (AvgIpc) is 3.23. The Labute approximate surface area is 184 Å². The van der Waals surface area contributed by atoms with Crippen molar-refractivity contribution in [1.29, 1.82) is 0 Å². The molecule has 0 unspecified atom stereocenters. The minimum absolute atomic E-state index is 0.0861. The second kappa shape index (κ2) is 7.93. The number of nitrogens with two attached hydrogens (primary N) is 2. The topological polar surface area (TPSA) is 122 Å². The first-order valence-electron chi connectivity index (χ1n) is 9.59. The molecule has 0 aliphatic carbocycles. The summed E-state index contributed by atoms with van der Waals surface area (Å²) in [7, 11) is 0. The smallest absolute Gasteiger partial charge is 0.399 e. The lowest BCUT2D eigenvalue weighted by molar-refractivity contribution is -0.137. The van der Waals surface area contributed by atoms with E-state index >= 15 is 0 Å². The number of primary amides is 1. The first-order chi connectivity index (χ1) is 15.6. The van der Waals surface area contributed by atoms with Gasteiger partial charge in [-0.05, 0) is 55.5 Å². The lowest BCUT2D eigenvalue weighted by Crippen LogP contribution is -2.32. The average molecular weight is 454 g/mol. The number of rotatable bonds is 4. The maximum atomic E-state index is 13.3. The van der Waals surface area contributed by atoms with Crippen molar-refractivity contribution in [3.8, 4) is 22.8 Å². The fourth-order valence-corrected chi connectivity index (χ4v) is 3.44. The highest BCUT2D eigenvalue weighted by atomic mass is 19.4. The summed E-state index contributed by atoms with van der Waals surface area (Å²) in [6, 6.07) is 12.5. The van der Waals surface area contributed by atoms with Gasteiger partial charge in [-0.25, -0.2) is 9.67 Å². The molecule has 2 heterocycles. The molecule has 4 N–H and O–H groups in total. The van der Waals surface area contributed by atoms with Crippen LogP contribution in [0, 0.1) is 6.92 Å². The normalized spacial score (nSPS) is 11.5. The number of carbonyl (C=O) groups is 1.